The molecule has 3 nitrogen and oxygen atoms in total. The van der Waals surface area contributed by atoms with Gasteiger partial charge in [-0.1, -0.05) is 0 Å². The number of halogens is 2. The highest BCUT2D eigenvalue weighted by Gasteiger charge is 2.10. The molecular weight excluding hydrogens is 295 g/mol. The van der Waals surface area contributed by atoms with Crippen LogP contribution >= 0.6 is 27.3 Å². The Kier molecular flexibility index (Phi) is 3.31. The maximum atomic E-state index is 13.2. The molecule has 0 aromatic carbocycles. The number of carbonyl (C=O) groups excluding carboxylic acids is 1. The van der Waals surface area contributed by atoms with Crippen molar-refractivity contribution < 1.29 is 9.18 Å². The van der Waals surface area contributed by atoms with Crippen LogP contribution in [0.2, 0.25) is 0 Å². The van der Waals surface area contributed by atoms with Gasteiger partial charge < -0.3 is 5.32 Å². The summed E-state index contributed by atoms with van der Waals surface area (Å²) in [7, 11) is 0. The molecule has 2 aromatic rings. The Hall–Kier alpha value is -1.27. The van der Waals surface area contributed by atoms with Crippen LogP contribution in [-0.2, 0) is 0 Å². The molecule has 0 saturated heterocycles. The third-order valence-electron chi connectivity index (χ3n) is 1.82. The Morgan fingerprint density at radius 2 is 2.25 bits per heavy atom. The minimum atomic E-state index is -0.550. The van der Waals surface area contributed by atoms with E-state index in [1.54, 1.807) is 12.1 Å². The molecule has 6 heteroatoms. The van der Waals surface area contributed by atoms with E-state index >= 15 is 0 Å². The lowest BCUT2D eigenvalue weighted by molar-refractivity contribution is 0.103. The number of aromatic nitrogens is 1. The third-order valence-corrected chi connectivity index (χ3v) is 3.44. The topological polar surface area (TPSA) is 42.0 Å². The van der Waals surface area contributed by atoms with Crippen molar-refractivity contribution in [2.45, 2.75) is 0 Å². The van der Waals surface area contributed by atoms with Gasteiger partial charge in [0, 0.05) is 6.20 Å². The first-order valence-corrected chi connectivity index (χ1v) is 5.94. The van der Waals surface area contributed by atoms with Crippen LogP contribution in [0, 0.1) is 5.82 Å². The molecule has 0 unspecified atom stereocenters. The van der Waals surface area contributed by atoms with Crippen molar-refractivity contribution in [2.75, 3.05) is 5.32 Å². The molecule has 2 aromatic heterocycles. The summed E-state index contributed by atoms with van der Waals surface area (Å²) in [5.74, 6) is -0.882. The van der Waals surface area contributed by atoms with Crippen LogP contribution < -0.4 is 5.32 Å². The number of rotatable bonds is 2. The summed E-state index contributed by atoms with van der Waals surface area (Å²) in [5, 5.41) is 2.48. The molecule has 0 fully saturated rings. The van der Waals surface area contributed by atoms with E-state index in [2.05, 4.69) is 26.2 Å². The largest absolute Gasteiger partial charge is 0.319 e. The summed E-state index contributed by atoms with van der Waals surface area (Å²) in [6.07, 6.45) is 2.48. The monoisotopic (exact) mass is 300 g/mol. The zero-order valence-corrected chi connectivity index (χ0v) is 10.3. The number of hydrogen-bond acceptors (Lipinski definition) is 3. The van der Waals surface area contributed by atoms with Gasteiger partial charge in [0.05, 0.1) is 20.5 Å². The number of carbonyl (C=O) groups is 1. The average molecular weight is 301 g/mol. The number of nitrogens with zero attached hydrogens (tertiary/aromatic N) is 1. The molecule has 0 saturated carbocycles. The van der Waals surface area contributed by atoms with Crippen LogP contribution in [0.25, 0.3) is 0 Å². The highest BCUT2D eigenvalue weighted by Crippen LogP contribution is 2.23. The van der Waals surface area contributed by atoms with Gasteiger partial charge in [0.25, 0.3) is 5.91 Å². The van der Waals surface area contributed by atoms with Gasteiger partial charge in [-0.15, -0.1) is 11.3 Å². The average Bonchev–Trinajstić information content (AvgIpc) is 2.68. The number of amides is 1. The molecule has 82 valence electrons. The lowest BCUT2D eigenvalue weighted by Crippen LogP contribution is -2.11. The molecule has 2 rings (SSSR count). The van der Waals surface area contributed by atoms with E-state index in [0.717, 1.165) is 9.98 Å². The van der Waals surface area contributed by atoms with Crippen LogP contribution in [0.1, 0.15) is 9.67 Å². The predicted molar refractivity (Wildman–Crippen MR) is 64.2 cm³/mol. The maximum Gasteiger partial charge on any atom is 0.265 e. The minimum Gasteiger partial charge on any atom is -0.319 e. The molecule has 0 spiro atoms. The Labute approximate surface area is 103 Å². The van der Waals surface area contributed by atoms with Gasteiger partial charge in [-0.2, -0.15) is 0 Å². The predicted octanol–water partition coefficient (Wildman–Crippen LogP) is 3.30. The van der Waals surface area contributed by atoms with Crippen LogP contribution in [0.3, 0.4) is 0 Å². The van der Waals surface area contributed by atoms with E-state index in [9.17, 15) is 9.18 Å². The van der Waals surface area contributed by atoms with E-state index in [-0.39, 0.29) is 11.6 Å². The lowest BCUT2D eigenvalue weighted by atomic mass is 10.3. The van der Waals surface area contributed by atoms with Crippen LogP contribution in [-0.4, -0.2) is 10.9 Å². The third kappa shape index (κ3) is 2.45. The second-order valence-corrected chi connectivity index (χ2v) is 5.38. The summed E-state index contributed by atoms with van der Waals surface area (Å²) >= 11 is 4.54. The Morgan fingerprint density at radius 3 is 2.88 bits per heavy atom. The summed E-state index contributed by atoms with van der Waals surface area (Å²) < 4.78 is 14.0. The first-order valence-electron chi connectivity index (χ1n) is 4.33. The number of nitrogens with one attached hydrogen (secondary N) is 1. The Bertz CT molecular complexity index is 529. The van der Waals surface area contributed by atoms with Gasteiger partial charge >= 0.3 is 0 Å². The standard InChI is InChI=1S/C10H6BrFN2OS/c11-9-2-1-8(16-9)10(15)14-7-3-4-13-5-6(7)12/h1-5H,(H,13,14,15). The highest BCUT2D eigenvalue weighted by atomic mass is 79.9. The molecule has 2 heterocycles. The van der Waals surface area contributed by atoms with E-state index in [0.29, 0.717) is 4.88 Å². The molecule has 1 N–H and O–H groups in total. The fraction of sp³-hybridized carbons (Fsp3) is 0. The molecular formula is C10H6BrFN2OS. The van der Waals surface area contributed by atoms with Crippen molar-refractivity contribution in [2.24, 2.45) is 0 Å². The van der Waals surface area contributed by atoms with Gasteiger partial charge in [0.2, 0.25) is 0 Å². The van der Waals surface area contributed by atoms with Gasteiger partial charge in [0.1, 0.15) is 0 Å². The summed E-state index contributed by atoms with van der Waals surface area (Å²) in [5.41, 5.74) is 0.129. The van der Waals surface area contributed by atoms with Gasteiger partial charge in [-0.3, -0.25) is 9.78 Å². The van der Waals surface area contributed by atoms with Gasteiger partial charge in [0.15, 0.2) is 5.82 Å². The van der Waals surface area contributed by atoms with Gasteiger partial charge in [-0.05, 0) is 34.1 Å². The van der Waals surface area contributed by atoms with Crippen molar-refractivity contribution in [1.29, 1.82) is 0 Å². The zero-order valence-electron chi connectivity index (χ0n) is 7.91. The Morgan fingerprint density at radius 1 is 1.44 bits per heavy atom. The quantitative estimate of drug-likeness (QED) is 0.924. The lowest BCUT2D eigenvalue weighted by Gasteiger charge is -2.03. The van der Waals surface area contributed by atoms with E-state index in [4.69, 9.17) is 0 Å². The first kappa shape index (κ1) is 11.2. The minimum absolute atomic E-state index is 0.129. The number of hydrogen-bond donors (Lipinski definition) is 1. The normalized spacial score (nSPS) is 10.1. The fourth-order valence-electron chi connectivity index (χ4n) is 1.10. The smallest absolute Gasteiger partial charge is 0.265 e. The molecule has 0 aliphatic heterocycles. The first-order chi connectivity index (χ1) is 7.66. The Balaban J connectivity index is 2.17. The van der Waals surface area contributed by atoms with Crippen LogP contribution in [0.5, 0.6) is 0 Å². The number of pyridine rings is 1. The van der Waals surface area contributed by atoms with E-state index < -0.39 is 5.82 Å². The van der Waals surface area contributed by atoms with Crippen molar-refractivity contribution in [3.63, 3.8) is 0 Å². The van der Waals surface area contributed by atoms with Crippen molar-refractivity contribution in [3.05, 3.63) is 45.1 Å². The van der Waals surface area contributed by atoms with Crippen molar-refractivity contribution in [3.8, 4) is 0 Å². The summed E-state index contributed by atoms with van der Waals surface area (Å²) in [4.78, 5) is 15.8. The molecule has 0 aliphatic carbocycles. The summed E-state index contributed by atoms with van der Waals surface area (Å²) in [6.45, 7) is 0. The second kappa shape index (κ2) is 4.71. The van der Waals surface area contributed by atoms with Crippen molar-refractivity contribution in [1.82, 2.24) is 4.98 Å². The zero-order chi connectivity index (χ0) is 11.5. The highest BCUT2D eigenvalue weighted by molar-refractivity contribution is 9.11. The van der Waals surface area contributed by atoms with E-state index in [1.807, 2.05) is 0 Å². The van der Waals surface area contributed by atoms with Crippen molar-refractivity contribution >= 4 is 38.9 Å². The second-order valence-electron chi connectivity index (χ2n) is 2.91. The molecule has 0 bridgehead atoms. The molecule has 16 heavy (non-hydrogen) atoms. The molecule has 0 atom stereocenters. The van der Waals surface area contributed by atoms with E-state index in [1.165, 1.54) is 23.6 Å². The SMILES string of the molecule is O=C(Nc1ccncc1F)c1ccc(Br)s1. The fourth-order valence-corrected chi connectivity index (χ4v) is 2.38. The molecule has 1 amide bonds. The number of anilines is 1. The number of thiophene rings is 1. The van der Waals surface area contributed by atoms with Crippen LogP contribution in [0.4, 0.5) is 10.1 Å². The van der Waals surface area contributed by atoms with Crippen LogP contribution in [0.15, 0.2) is 34.4 Å². The summed E-state index contributed by atoms with van der Waals surface area (Å²) in [6, 6.07) is 4.85. The van der Waals surface area contributed by atoms with Gasteiger partial charge in [-0.25, -0.2) is 4.39 Å². The molecule has 0 aliphatic rings. The maximum absolute atomic E-state index is 13.2. The molecule has 0 radical (unpaired) electrons.